The molecule has 0 aliphatic carbocycles. The average Bonchev–Trinajstić information content (AvgIpc) is 3.16. The van der Waals surface area contributed by atoms with Crippen LogP contribution in [0.3, 0.4) is 0 Å². The van der Waals surface area contributed by atoms with E-state index in [1.807, 2.05) is 41.2 Å². The molecule has 0 radical (unpaired) electrons. The fourth-order valence-corrected chi connectivity index (χ4v) is 5.08. The Morgan fingerprint density at radius 2 is 2.03 bits per heavy atom. The van der Waals surface area contributed by atoms with Gasteiger partial charge < -0.3 is 10.1 Å². The Morgan fingerprint density at radius 3 is 2.72 bits per heavy atom. The largest absolute Gasteiger partial charge is 0.464 e. The fraction of sp³-hybridized carbons (Fsp3) is 0.273. The molecule has 1 N–H and O–H groups in total. The number of hydrogen-bond acceptors (Lipinski definition) is 7. The number of rotatable bonds is 9. The molecular formula is C22H21BrN4O3S2. The predicted molar refractivity (Wildman–Crippen MR) is 131 cm³/mol. The zero-order valence-corrected chi connectivity index (χ0v) is 20.7. The van der Waals surface area contributed by atoms with Gasteiger partial charge in [-0.25, -0.2) is 9.78 Å². The summed E-state index contributed by atoms with van der Waals surface area (Å²) < 4.78 is 7.66. The number of benzene rings is 2. The highest BCUT2D eigenvalue weighted by atomic mass is 79.9. The van der Waals surface area contributed by atoms with Gasteiger partial charge in [-0.2, -0.15) is 17.0 Å². The SMILES string of the molecule is CCOC(=O)C(CSC)NC(=O)CSc1ncc(Br)n1-c1ccc(C#N)c2ccccc12. The summed E-state index contributed by atoms with van der Waals surface area (Å²) in [4.78, 5) is 29.0. The van der Waals surface area contributed by atoms with Crippen LogP contribution in [-0.2, 0) is 14.3 Å². The normalized spacial score (nSPS) is 11.7. The number of nitrogens with one attached hydrogen (secondary N) is 1. The molecule has 0 spiro atoms. The quantitative estimate of drug-likeness (QED) is 0.326. The Balaban J connectivity index is 1.82. The molecule has 2 aromatic carbocycles. The molecule has 7 nitrogen and oxygen atoms in total. The molecule has 0 fully saturated rings. The molecule has 3 aromatic rings. The zero-order chi connectivity index (χ0) is 23.1. The van der Waals surface area contributed by atoms with Crippen molar-refractivity contribution in [3.05, 3.63) is 52.8 Å². The van der Waals surface area contributed by atoms with Crippen LogP contribution in [0.1, 0.15) is 12.5 Å². The van der Waals surface area contributed by atoms with E-state index >= 15 is 0 Å². The minimum absolute atomic E-state index is 0.0853. The monoisotopic (exact) mass is 532 g/mol. The van der Waals surface area contributed by atoms with Gasteiger partial charge in [-0.3, -0.25) is 9.36 Å². The van der Waals surface area contributed by atoms with Crippen molar-refractivity contribution >= 4 is 62.1 Å². The predicted octanol–water partition coefficient (Wildman–Crippen LogP) is 4.16. The van der Waals surface area contributed by atoms with E-state index in [4.69, 9.17) is 4.74 Å². The molecule has 0 saturated heterocycles. The van der Waals surface area contributed by atoms with Crippen molar-refractivity contribution in [3.8, 4) is 11.8 Å². The number of fused-ring (bicyclic) bond motifs is 1. The zero-order valence-electron chi connectivity index (χ0n) is 17.5. The minimum Gasteiger partial charge on any atom is -0.464 e. The number of imidazole rings is 1. The highest BCUT2D eigenvalue weighted by Gasteiger charge is 2.22. The van der Waals surface area contributed by atoms with Crippen molar-refractivity contribution in [2.45, 2.75) is 18.1 Å². The Hall–Kier alpha value is -2.48. The number of esters is 1. The third kappa shape index (κ3) is 5.46. The van der Waals surface area contributed by atoms with Crippen LogP contribution in [0, 0.1) is 11.3 Å². The minimum atomic E-state index is -0.688. The summed E-state index contributed by atoms with van der Waals surface area (Å²) in [6.07, 6.45) is 3.53. The number of thioether (sulfide) groups is 2. The lowest BCUT2D eigenvalue weighted by Gasteiger charge is -2.16. The van der Waals surface area contributed by atoms with Gasteiger partial charge in [-0.1, -0.05) is 36.0 Å². The lowest BCUT2D eigenvalue weighted by Crippen LogP contribution is -2.44. The van der Waals surface area contributed by atoms with Gasteiger partial charge in [0.15, 0.2) is 5.16 Å². The first kappa shape index (κ1) is 24.2. The van der Waals surface area contributed by atoms with Crippen LogP contribution < -0.4 is 5.32 Å². The Bertz CT molecular complexity index is 1180. The first-order chi connectivity index (χ1) is 15.5. The van der Waals surface area contributed by atoms with Gasteiger partial charge in [-0.05, 0) is 41.2 Å². The van der Waals surface area contributed by atoms with Crippen molar-refractivity contribution in [2.75, 3.05) is 24.4 Å². The fourth-order valence-electron chi connectivity index (χ4n) is 3.16. The summed E-state index contributed by atoms with van der Waals surface area (Å²) in [5, 5.41) is 14.5. The van der Waals surface area contributed by atoms with Crippen molar-refractivity contribution in [1.82, 2.24) is 14.9 Å². The van der Waals surface area contributed by atoms with Gasteiger partial charge in [0.25, 0.3) is 0 Å². The number of nitriles is 1. The molecular weight excluding hydrogens is 512 g/mol. The van der Waals surface area contributed by atoms with E-state index in [9.17, 15) is 14.9 Å². The average molecular weight is 533 g/mol. The molecule has 10 heteroatoms. The van der Waals surface area contributed by atoms with Gasteiger partial charge in [0.05, 0.1) is 35.9 Å². The van der Waals surface area contributed by atoms with Gasteiger partial charge in [0.2, 0.25) is 5.91 Å². The number of aromatic nitrogens is 2. The Labute approximate surface area is 203 Å². The summed E-state index contributed by atoms with van der Waals surface area (Å²) in [5.74, 6) is -0.194. The third-order valence-electron chi connectivity index (χ3n) is 4.52. The topological polar surface area (TPSA) is 97.0 Å². The van der Waals surface area contributed by atoms with Crippen LogP contribution in [0.2, 0.25) is 0 Å². The molecule has 0 aliphatic heterocycles. The van der Waals surface area contributed by atoms with Crippen LogP contribution in [0.15, 0.2) is 52.4 Å². The van der Waals surface area contributed by atoms with Crippen molar-refractivity contribution in [1.29, 1.82) is 5.26 Å². The molecule has 166 valence electrons. The van der Waals surface area contributed by atoms with Crippen LogP contribution >= 0.6 is 39.5 Å². The molecule has 1 unspecified atom stereocenters. The summed E-state index contributed by atoms with van der Waals surface area (Å²) in [7, 11) is 0. The molecule has 1 aromatic heterocycles. The molecule has 32 heavy (non-hydrogen) atoms. The highest BCUT2D eigenvalue weighted by molar-refractivity contribution is 9.10. The van der Waals surface area contributed by atoms with Gasteiger partial charge in [0, 0.05) is 16.5 Å². The first-order valence-corrected chi connectivity index (χ1v) is 12.9. The second kappa shape index (κ2) is 11.4. The van der Waals surface area contributed by atoms with Crippen LogP contribution in [-0.4, -0.2) is 51.8 Å². The summed E-state index contributed by atoms with van der Waals surface area (Å²) in [6, 6.07) is 12.8. The van der Waals surface area contributed by atoms with E-state index < -0.39 is 12.0 Å². The van der Waals surface area contributed by atoms with E-state index in [2.05, 4.69) is 32.3 Å². The number of hydrogen-bond donors (Lipinski definition) is 1. The summed E-state index contributed by atoms with van der Waals surface area (Å²) in [5.41, 5.74) is 1.44. The van der Waals surface area contributed by atoms with Crippen LogP contribution in [0.5, 0.6) is 0 Å². The smallest absolute Gasteiger partial charge is 0.329 e. The number of nitrogens with zero attached hydrogens (tertiary/aromatic N) is 3. The van der Waals surface area contributed by atoms with Gasteiger partial charge >= 0.3 is 5.97 Å². The molecule has 1 atom stereocenters. The molecule has 0 aliphatic rings. The maximum Gasteiger partial charge on any atom is 0.329 e. The second-order valence-electron chi connectivity index (χ2n) is 6.60. The van der Waals surface area contributed by atoms with E-state index in [-0.39, 0.29) is 18.3 Å². The van der Waals surface area contributed by atoms with Crippen LogP contribution in [0.4, 0.5) is 0 Å². The third-order valence-corrected chi connectivity index (χ3v) is 6.70. The molecule has 3 rings (SSSR count). The Kier molecular flexibility index (Phi) is 8.61. The van der Waals surface area contributed by atoms with E-state index in [0.717, 1.165) is 21.1 Å². The number of ether oxygens (including phenoxy) is 1. The molecule has 0 bridgehead atoms. The first-order valence-electron chi connectivity index (χ1n) is 9.73. The molecule has 0 saturated carbocycles. The van der Waals surface area contributed by atoms with Gasteiger partial charge in [-0.15, -0.1) is 0 Å². The van der Waals surface area contributed by atoms with E-state index in [1.165, 1.54) is 23.5 Å². The lowest BCUT2D eigenvalue weighted by atomic mass is 10.0. The van der Waals surface area contributed by atoms with Crippen molar-refractivity contribution in [2.24, 2.45) is 0 Å². The summed E-state index contributed by atoms with van der Waals surface area (Å²) >= 11 is 6.26. The maximum atomic E-state index is 12.5. The maximum absolute atomic E-state index is 12.5. The number of amides is 1. The number of carbonyl (C=O) groups excluding carboxylic acids is 2. The van der Waals surface area contributed by atoms with E-state index in [1.54, 1.807) is 19.2 Å². The second-order valence-corrected chi connectivity index (χ2v) is 9.27. The summed E-state index contributed by atoms with van der Waals surface area (Å²) in [6.45, 7) is 1.99. The Morgan fingerprint density at radius 1 is 1.28 bits per heavy atom. The molecule has 1 amide bonds. The van der Waals surface area contributed by atoms with Gasteiger partial charge in [0.1, 0.15) is 10.6 Å². The van der Waals surface area contributed by atoms with Crippen molar-refractivity contribution < 1.29 is 14.3 Å². The number of carbonyl (C=O) groups is 2. The van der Waals surface area contributed by atoms with Crippen LogP contribution in [0.25, 0.3) is 16.5 Å². The molecule has 1 heterocycles. The standard InChI is InChI=1S/C22H21BrN4O3S2/c1-3-30-21(29)17(12-31-2)26-20(28)13-32-22-25-11-19(23)27(22)18-9-8-14(10-24)15-6-4-5-7-16(15)18/h4-9,11,17H,3,12-13H2,1-2H3,(H,26,28). The number of halogens is 1. The lowest BCUT2D eigenvalue weighted by molar-refractivity contribution is -0.146. The van der Waals surface area contributed by atoms with Crippen molar-refractivity contribution in [3.63, 3.8) is 0 Å². The van der Waals surface area contributed by atoms with E-state index in [0.29, 0.717) is 16.5 Å². The highest BCUT2D eigenvalue weighted by Crippen LogP contribution is 2.32.